The Bertz CT molecular complexity index is 693. The average molecular weight is 644 g/mol. The molecule has 0 saturated carbocycles. The van der Waals surface area contributed by atoms with Crippen LogP contribution in [0.2, 0.25) is 0 Å². The third-order valence-corrected chi connectivity index (χ3v) is 8.96. The molecule has 0 heterocycles. The van der Waals surface area contributed by atoms with Gasteiger partial charge in [-0.05, 0) is 89.4 Å². The molecule has 0 atom stereocenters. The summed E-state index contributed by atoms with van der Waals surface area (Å²) in [4.78, 5) is 13.4. The van der Waals surface area contributed by atoms with Crippen LogP contribution in [0, 0.1) is 5.92 Å². The van der Waals surface area contributed by atoms with Crippen molar-refractivity contribution in [2.75, 3.05) is 19.7 Å². The zero-order chi connectivity index (χ0) is 33.6. The number of hydrogen-bond acceptors (Lipinski definition) is 2. The summed E-state index contributed by atoms with van der Waals surface area (Å²) in [5, 5.41) is 18.9. The van der Waals surface area contributed by atoms with Crippen molar-refractivity contribution in [2.24, 2.45) is 5.92 Å². The Labute approximate surface area is 286 Å². The van der Waals surface area contributed by atoms with Gasteiger partial charge in [-0.3, -0.25) is 0 Å². The van der Waals surface area contributed by atoms with E-state index in [2.05, 4.69) is 62.5 Å². The van der Waals surface area contributed by atoms with Crippen molar-refractivity contribution in [3.05, 3.63) is 48.6 Å². The van der Waals surface area contributed by atoms with Crippen LogP contribution < -0.4 is 0 Å². The van der Waals surface area contributed by atoms with Gasteiger partial charge < -0.3 is 15.1 Å². The molecule has 0 spiro atoms. The quantitative estimate of drug-likeness (QED) is 0.0533. The maximum atomic E-state index is 11.8. The normalized spacial score (nSPS) is 12.8. The molecule has 0 aliphatic carbocycles. The molecule has 1 amide bonds. The molecule has 4 nitrogen and oxygen atoms in total. The van der Waals surface area contributed by atoms with Gasteiger partial charge in [0.1, 0.15) is 0 Å². The minimum absolute atomic E-state index is 0.0480. The number of amides is 1. The van der Waals surface area contributed by atoms with Crippen LogP contribution in [0.25, 0.3) is 0 Å². The van der Waals surface area contributed by atoms with Gasteiger partial charge in [-0.25, -0.2) is 4.79 Å². The molecule has 0 aromatic rings. The van der Waals surface area contributed by atoms with Crippen LogP contribution in [0.15, 0.2) is 48.6 Å². The molecule has 4 heteroatoms. The number of rotatable bonds is 35. The average Bonchev–Trinajstić information content (AvgIpc) is 3.05. The number of carbonyl (C=O) groups is 1. The molecule has 0 aromatic heterocycles. The van der Waals surface area contributed by atoms with E-state index in [1.165, 1.54) is 141 Å². The number of aliphatic hydroxyl groups is 1. The maximum absolute atomic E-state index is 11.8. The molecule has 268 valence electrons. The Kier molecular flexibility index (Phi) is 36.2. The molecule has 0 unspecified atom stereocenters. The second-order valence-electron chi connectivity index (χ2n) is 13.4. The highest BCUT2D eigenvalue weighted by Gasteiger charge is 2.18. The number of allylic oxidation sites excluding steroid dienone is 8. The van der Waals surface area contributed by atoms with Crippen molar-refractivity contribution in [3.8, 4) is 0 Å². The fraction of sp³-hybridized carbons (Fsp3) is 0.786. The topological polar surface area (TPSA) is 60.8 Å². The van der Waals surface area contributed by atoms with Gasteiger partial charge in [-0.2, -0.15) is 0 Å². The Morgan fingerprint density at radius 1 is 0.522 bits per heavy atom. The molecule has 0 rings (SSSR count). The van der Waals surface area contributed by atoms with Crippen LogP contribution in [-0.2, 0) is 0 Å². The predicted octanol–water partition coefficient (Wildman–Crippen LogP) is 13.4. The smallest absolute Gasteiger partial charge is 0.407 e. The summed E-state index contributed by atoms with van der Waals surface area (Å²) in [5.74, 6) is 0.437. The molecule has 0 aliphatic rings. The molecule has 0 saturated heterocycles. The first-order valence-electron chi connectivity index (χ1n) is 19.8. The Morgan fingerprint density at radius 2 is 0.891 bits per heavy atom. The van der Waals surface area contributed by atoms with E-state index in [9.17, 15) is 15.0 Å². The van der Waals surface area contributed by atoms with Crippen molar-refractivity contribution in [1.82, 2.24) is 4.90 Å². The van der Waals surface area contributed by atoms with E-state index in [0.717, 1.165) is 25.7 Å². The third-order valence-electron chi connectivity index (χ3n) is 8.96. The number of unbranched alkanes of at least 4 members (excludes halogenated alkanes) is 18. The number of hydrogen-bond donors (Lipinski definition) is 2. The highest BCUT2D eigenvalue weighted by molar-refractivity contribution is 5.64. The van der Waals surface area contributed by atoms with Crippen molar-refractivity contribution >= 4 is 6.09 Å². The molecule has 0 aromatic carbocycles. The highest BCUT2D eigenvalue weighted by Crippen LogP contribution is 2.21. The predicted molar refractivity (Wildman–Crippen MR) is 203 cm³/mol. The second kappa shape index (κ2) is 37.6. The number of aliphatic hydroxyl groups excluding tert-OH is 1. The SMILES string of the molecule is CCCCCC=CCC=CCCCCCCCCC(CCCCCCCCC=CCC=CCCCCC)CN(CCCO)C(=O)O. The van der Waals surface area contributed by atoms with Crippen LogP contribution in [0.3, 0.4) is 0 Å². The van der Waals surface area contributed by atoms with Gasteiger partial charge in [0.2, 0.25) is 0 Å². The van der Waals surface area contributed by atoms with Gasteiger partial charge in [0.25, 0.3) is 0 Å². The molecule has 46 heavy (non-hydrogen) atoms. The lowest BCUT2D eigenvalue weighted by Gasteiger charge is -2.25. The third kappa shape index (κ3) is 33.6. The minimum Gasteiger partial charge on any atom is -0.465 e. The van der Waals surface area contributed by atoms with Crippen LogP contribution in [0.4, 0.5) is 4.79 Å². The summed E-state index contributed by atoms with van der Waals surface area (Å²) in [7, 11) is 0. The van der Waals surface area contributed by atoms with Crippen LogP contribution in [-0.4, -0.2) is 40.9 Å². The summed E-state index contributed by atoms with van der Waals surface area (Å²) in [5.41, 5.74) is 0. The standard InChI is InChI=1S/C42H77NO3/c1-3-5-7-9-11-13-15-17-19-21-23-25-27-29-31-33-36-41(40-43(42(45)46)38-35-39-44)37-34-32-30-28-26-24-22-20-18-16-14-12-10-8-6-4-2/h11-14,17-20,41,44H,3-10,15-16,21-40H2,1-2H3,(H,45,46). The van der Waals surface area contributed by atoms with E-state index in [-0.39, 0.29) is 6.61 Å². The lowest BCUT2D eigenvalue weighted by Crippen LogP contribution is -2.35. The molecule has 0 radical (unpaired) electrons. The summed E-state index contributed by atoms with van der Waals surface area (Å²) in [6.45, 7) is 5.62. The van der Waals surface area contributed by atoms with Crippen molar-refractivity contribution in [3.63, 3.8) is 0 Å². The molecule has 0 fully saturated rings. The van der Waals surface area contributed by atoms with E-state index in [4.69, 9.17) is 0 Å². The van der Waals surface area contributed by atoms with E-state index < -0.39 is 6.09 Å². The van der Waals surface area contributed by atoms with Crippen molar-refractivity contribution in [1.29, 1.82) is 0 Å². The molecule has 0 aliphatic heterocycles. The van der Waals surface area contributed by atoms with Gasteiger partial charge in [-0.1, -0.05) is 152 Å². The fourth-order valence-corrected chi connectivity index (χ4v) is 6.01. The maximum Gasteiger partial charge on any atom is 0.407 e. The monoisotopic (exact) mass is 644 g/mol. The van der Waals surface area contributed by atoms with Crippen LogP contribution >= 0.6 is 0 Å². The molecular weight excluding hydrogens is 566 g/mol. The number of nitrogens with zero attached hydrogens (tertiary/aromatic N) is 1. The van der Waals surface area contributed by atoms with E-state index >= 15 is 0 Å². The first-order valence-corrected chi connectivity index (χ1v) is 19.8. The van der Waals surface area contributed by atoms with Gasteiger partial charge in [0, 0.05) is 19.7 Å². The fourth-order valence-electron chi connectivity index (χ4n) is 6.01. The van der Waals surface area contributed by atoms with Gasteiger partial charge in [0.05, 0.1) is 0 Å². The summed E-state index contributed by atoms with van der Waals surface area (Å²) >= 11 is 0. The molecular formula is C42H77NO3. The Balaban J connectivity index is 4.09. The zero-order valence-corrected chi connectivity index (χ0v) is 30.7. The largest absolute Gasteiger partial charge is 0.465 e. The lowest BCUT2D eigenvalue weighted by atomic mass is 9.93. The first-order chi connectivity index (χ1) is 22.7. The first kappa shape index (κ1) is 44.2. The van der Waals surface area contributed by atoms with Crippen LogP contribution in [0.1, 0.15) is 187 Å². The van der Waals surface area contributed by atoms with Gasteiger partial charge in [-0.15, -0.1) is 0 Å². The van der Waals surface area contributed by atoms with Crippen LogP contribution in [0.5, 0.6) is 0 Å². The Hall–Kier alpha value is -1.81. The highest BCUT2D eigenvalue weighted by atomic mass is 16.4. The molecule has 2 N–H and O–H groups in total. The number of carboxylic acid groups (broad SMARTS) is 1. The molecule has 0 bridgehead atoms. The summed E-state index contributed by atoms with van der Waals surface area (Å²) < 4.78 is 0. The lowest BCUT2D eigenvalue weighted by molar-refractivity contribution is 0.128. The van der Waals surface area contributed by atoms with E-state index in [1.807, 2.05) is 0 Å². The van der Waals surface area contributed by atoms with E-state index in [0.29, 0.717) is 25.4 Å². The van der Waals surface area contributed by atoms with Gasteiger partial charge >= 0.3 is 6.09 Å². The van der Waals surface area contributed by atoms with Crippen molar-refractivity contribution < 1.29 is 15.0 Å². The van der Waals surface area contributed by atoms with E-state index in [1.54, 1.807) is 4.90 Å². The zero-order valence-electron chi connectivity index (χ0n) is 30.7. The second-order valence-corrected chi connectivity index (χ2v) is 13.4. The van der Waals surface area contributed by atoms with Gasteiger partial charge in [0.15, 0.2) is 0 Å². The van der Waals surface area contributed by atoms with Crippen molar-refractivity contribution in [2.45, 2.75) is 187 Å². The summed E-state index contributed by atoms with van der Waals surface area (Å²) in [6, 6.07) is 0. The Morgan fingerprint density at radius 3 is 1.26 bits per heavy atom. The summed E-state index contributed by atoms with van der Waals surface area (Å²) in [6.07, 6.45) is 50.7. The minimum atomic E-state index is -0.840.